The van der Waals surface area contributed by atoms with Gasteiger partial charge in [-0.2, -0.15) is 0 Å². The van der Waals surface area contributed by atoms with Crippen molar-refractivity contribution < 1.29 is 14.0 Å². The van der Waals surface area contributed by atoms with Crippen molar-refractivity contribution in [3.8, 4) is 0 Å². The van der Waals surface area contributed by atoms with Crippen LogP contribution in [0.2, 0.25) is 0 Å². The molecule has 0 bridgehead atoms. The monoisotopic (exact) mass is 326 g/mol. The lowest BCUT2D eigenvalue weighted by Crippen LogP contribution is -2.48. The zero-order valence-corrected chi connectivity index (χ0v) is 13.5. The van der Waals surface area contributed by atoms with Gasteiger partial charge in [-0.3, -0.25) is 9.59 Å². The number of carbonyl (C=O) groups excluding carboxylic acids is 2. The molecule has 1 atom stereocenters. The minimum atomic E-state index is -0.632. The van der Waals surface area contributed by atoms with E-state index in [9.17, 15) is 14.0 Å². The molecule has 1 heterocycles. The SMILES string of the molecule is C[C@@H](NC(=O)c1ccc(F)cc1)C(=O)N1CCc2ccccc2C1. The van der Waals surface area contributed by atoms with Gasteiger partial charge in [-0.05, 0) is 48.7 Å². The minimum absolute atomic E-state index is 0.111. The van der Waals surface area contributed by atoms with E-state index < -0.39 is 11.9 Å². The van der Waals surface area contributed by atoms with Crippen molar-refractivity contribution in [3.05, 3.63) is 71.0 Å². The van der Waals surface area contributed by atoms with Gasteiger partial charge in [0.1, 0.15) is 11.9 Å². The standard InChI is InChI=1S/C19H19FN2O2/c1-13(21-18(23)15-6-8-17(20)9-7-15)19(24)22-11-10-14-4-2-3-5-16(14)12-22/h2-9,13H,10-12H2,1H3,(H,21,23)/t13-/m1/s1. The zero-order valence-electron chi connectivity index (χ0n) is 13.5. The van der Waals surface area contributed by atoms with Gasteiger partial charge in [0, 0.05) is 18.7 Å². The van der Waals surface area contributed by atoms with Crippen LogP contribution in [0.15, 0.2) is 48.5 Å². The number of fused-ring (bicyclic) bond motifs is 1. The topological polar surface area (TPSA) is 49.4 Å². The lowest BCUT2D eigenvalue weighted by molar-refractivity contribution is -0.133. The Morgan fingerprint density at radius 3 is 2.46 bits per heavy atom. The summed E-state index contributed by atoms with van der Waals surface area (Å²) < 4.78 is 12.9. The summed E-state index contributed by atoms with van der Waals surface area (Å²) in [5.41, 5.74) is 2.75. The van der Waals surface area contributed by atoms with Crippen molar-refractivity contribution in [1.82, 2.24) is 10.2 Å². The molecule has 1 aliphatic heterocycles. The average Bonchev–Trinajstić information content (AvgIpc) is 2.61. The fourth-order valence-corrected chi connectivity index (χ4v) is 2.90. The molecule has 1 aliphatic rings. The summed E-state index contributed by atoms with van der Waals surface area (Å²) in [6.45, 7) is 2.88. The minimum Gasteiger partial charge on any atom is -0.341 e. The summed E-state index contributed by atoms with van der Waals surface area (Å²) in [5, 5.41) is 2.68. The molecule has 24 heavy (non-hydrogen) atoms. The first-order valence-corrected chi connectivity index (χ1v) is 7.96. The highest BCUT2D eigenvalue weighted by Crippen LogP contribution is 2.19. The van der Waals surface area contributed by atoms with Crippen molar-refractivity contribution in [2.75, 3.05) is 6.54 Å². The van der Waals surface area contributed by atoms with E-state index in [0.717, 1.165) is 12.0 Å². The second-order valence-corrected chi connectivity index (χ2v) is 5.98. The summed E-state index contributed by atoms with van der Waals surface area (Å²) in [5.74, 6) is -0.893. The van der Waals surface area contributed by atoms with Crippen molar-refractivity contribution in [1.29, 1.82) is 0 Å². The van der Waals surface area contributed by atoms with E-state index >= 15 is 0 Å². The van der Waals surface area contributed by atoms with E-state index in [1.54, 1.807) is 11.8 Å². The van der Waals surface area contributed by atoms with E-state index in [-0.39, 0.29) is 11.8 Å². The first-order valence-electron chi connectivity index (χ1n) is 7.96. The first-order chi connectivity index (χ1) is 11.5. The molecule has 2 aromatic carbocycles. The summed E-state index contributed by atoms with van der Waals surface area (Å²) >= 11 is 0. The second kappa shape index (κ2) is 6.83. The molecular weight excluding hydrogens is 307 g/mol. The third kappa shape index (κ3) is 3.45. The number of hydrogen-bond donors (Lipinski definition) is 1. The Bertz CT molecular complexity index is 758. The van der Waals surface area contributed by atoms with E-state index in [1.165, 1.54) is 29.8 Å². The van der Waals surface area contributed by atoms with Crippen LogP contribution in [0.3, 0.4) is 0 Å². The number of rotatable bonds is 3. The number of nitrogens with one attached hydrogen (secondary N) is 1. The smallest absolute Gasteiger partial charge is 0.251 e. The quantitative estimate of drug-likeness (QED) is 0.942. The van der Waals surface area contributed by atoms with Crippen LogP contribution in [-0.4, -0.2) is 29.3 Å². The predicted molar refractivity (Wildman–Crippen MR) is 88.9 cm³/mol. The van der Waals surface area contributed by atoms with Crippen LogP contribution < -0.4 is 5.32 Å². The molecule has 2 aromatic rings. The van der Waals surface area contributed by atoms with Crippen molar-refractivity contribution in [3.63, 3.8) is 0 Å². The van der Waals surface area contributed by atoms with Gasteiger partial charge in [-0.25, -0.2) is 4.39 Å². The summed E-state index contributed by atoms with van der Waals surface area (Å²) in [6.07, 6.45) is 0.820. The maximum atomic E-state index is 12.9. The molecule has 0 aromatic heterocycles. The molecule has 1 N–H and O–H groups in total. The molecule has 0 saturated heterocycles. The van der Waals surface area contributed by atoms with Gasteiger partial charge in [-0.15, -0.1) is 0 Å². The molecule has 2 amide bonds. The Labute approximate surface area is 140 Å². The molecule has 5 heteroatoms. The van der Waals surface area contributed by atoms with Gasteiger partial charge >= 0.3 is 0 Å². The number of nitrogens with zero attached hydrogens (tertiary/aromatic N) is 1. The van der Waals surface area contributed by atoms with Crippen molar-refractivity contribution >= 4 is 11.8 Å². The number of benzene rings is 2. The van der Waals surface area contributed by atoms with Crippen molar-refractivity contribution in [2.45, 2.75) is 25.9 Å². The average molecular weight is 326 g/mol. The van der Waals surface area contributed by atoms with Crippen LogP contribution in [0.4, 0.5) is 4.39 Å². The highest BCUT2D eigenvalue weighted by Gasteiger charge is 2.25. The Balaban J connectivity index is 1.63. The predicted octanol–water partition coefficient (Wildman–Crippen LogP) is 2.53. The maximum Gasteiger partial charge on any atom is 0.251 e. The van der Waals surface area contributed by atoms with Gasteiger partial charge in [0.15, 0.2) is 0 Å². The summed E-state index contributed by atoms with van der Waals surface area (Å²) in [7, 11) is 0. The maximum absolute atomic E-state index is 12.9. The fraction of sp³-hybridized carbons (Fsp3) is 0.263. The number of halogens is 1. The number of amides is 2. The van der Waals surface area contributed by atoms with Gasteiger partial charge in [0.25, 0.3) is 5.91 Å². The Kier molecular flexibility index (Phi) is 4.60. The molecule has 0 radical (unpaired) electrons. The van der Waals surface area contributed by atoms with Crippen LogP contribution in [0.25, 0.3) is 0 Å². The molecule has 0 spiro atoms. The van der Waals surface area contributed by atoms with Gasteiger partial charge in [0.05, 0.1) is 0 Å². The van der Waals surface area contributed by atoms with E-state index in [2.05, 4.69) is 11.4 Å². The van der Waals surface area contributed by atoms with Gasteiger partial charge in [-0.1, -0.05) is 24.3 Å². The molecule has 0 fully saturated rings. The number of hydrogen-bond acceptors (Lipinski definition) is 2. The lowest BCUT2D eigenvalue weighted by atomic mass is 9.99. The molecule has 3 rings (SSSR count). The summed E-state index contributed by atoms with van der Waals surface area (Å²) in [6, 6.07) is 12.7. The molecule has 0 aliphatic carbocycles. The molecule has 0 saturated carbocycles. The fourth-order valence-electron chi connectivity index (χ4n) is 2.90. The highest BCUT2D eigenvalue weighted by molar-refractivity contribution is 5.97. The van der Waals surface area contributed by atoms with E-state index in [0.29, 0.717) is 18.7 Å². The van der Waals surface area contributed by atoms with E-state index in [4.69, 9.17) is 0 Å². The third-order valence-electron chi connectivity index (χ3n) is 4.27. The van der Waals surface area contributed by atoms with Gasteiger partial charge < -0.3 is 10.2 Å². The normalized spacial score (nSPS) is 14.7. The van der Waals surface area contributed by atoms with Gasteiger partial charge in [0.2, 0.25) is 5.91 Å². The lowest BCUT2D eigenvalue weighted by Gasteiger charge is -2.31. The first kappa shape index (κ1) is 16.2. The molecule has 124 valence electrons. The molecule has 4 nitrogen and oxygen atoms in total. The number of carbonyl (C=O) groups is 2. The Morgan fingerprint density at radius 2 is 1.75 bits per heavy atom. The van der Waals surface area contributed by atoms with E-state index in [1.807, 2.05) is 18.2 Å². The van der Waals surface area contributed by atoms with Crippen LogP contribution in [0, 0.1) is 5.82 Å². The van der Waals surface area contributed by atoms with Crippen LogP contribution >= 0.6 is 0 Å². The molecular formula is C19H19FN2O2. The highest BCUT2D eigenvalue weighted by atomic mass is 19.1. The van der Waals surface area contributed by atoms with Crippen LogP contribution in [0.5, 0.6) is 0 Å². The largest absolute Gasteiger partial charge is 0.341 e. The third-order valence-corrected chi connectivity index (χ3v) is 4.27. The van der Waals surface area contributed by atoms with Crippen LogP contribution in [0.1, 0.15) is 28.4 Å². The zero-order chi connectivity index (χ0) is 17.1. The Morgan fingerprint density at radius 1 is 1.08 bits per heavy atom. The Hall–Kier alpha value is -2.69. The molecule has 0 unspecified atom stereocenters. The summed E-state index contributed by atoms with van der Waals surface area (Å²) in [4.78, 5) is 26.5. The van der Waals surface area contributed by atoms with Crippen LogP contribution in [-0.2, 0) is 17.8 Å². The second-order valence-electron chi connectivity index (χ2n) is 5.98. The van der Waals surface area contributed by atoms with Crippen molar-refractivity contribution in [2.24, 2.45) is 0 Å².